The maximum Gasteiger partial charge on any atom is 0.324 e. The first kappa shape index (κ1) is 13.6. The summed E-state index contributed by atoms with van der Waals surface area (Å²) in [6.07, 6.45) is 11.2. The smallest absolute Gasteiger partial charge is 0.324 e. The Morgan fingerprint density at radius 1 is 0.895 bits per heavy atom. The summed E-state index contributed by atoms with van der Waals surface area (Å²) in [7, 11) is 0. The molecule has 102 valence electrons. The van der Waals surface area contributed by atoms with Crippen LogP contribution in [-0.2, 0) is 19.1 Å². The standard InChI is InChI=1S/C15H18O4/c1-3-18-13(16)15(14(17)19-4-2)11-9-7-5-6-8-10-12(11)15/h5-12H,3-4H2,1-2H3/b6-5-,9-7-,10-8-. The van der Waals surface area contributed by atoms with Crippen LogP contribution in [0.4, 0.5) is 0 Å². The molecule has 4 heteroatoms. The normalized spacial score (nSPS) is 31.1. The zero-order valence-corrected chi connectivity index (χ0v) is 11.2. The average molecular weight is 262 g/mol. The van der Waals surface area contributed by atoms with Crippen molar-refractivity contribution in [2.45, 2.75) is 13.8 Å². The highest BCUT2D eigenvalue weighted by molar-refractivity contribution is 6.05. The van der Waals surface area contributed by atoms with Gasteiger partial charge in [-0.3, -0.25) is 9.59 Å². The summed E-state index contributed by atoms with van der Waals surface area (Å²) in [6, 6.07) is 0. The Labute approximate surface area is 112 Å². The number of hydrogen-bond acceptors (Lipinski definition) is 4. The first-order chi connectivity index (χ1) is 9.19. The Morgan fingerprint density at radius 3 is 1.68 bits per heavy atom. The molecular weight excluding hydrogens is 244 g/mol. The molecule has 0 aromatic heterocycles. The zero-order chi connectivity index (χ0) is 13.9. The SMILES string of the molecule is CCOC(=O)C1(C(=O)OCC)C2\C=C/C=C\C=C/C21. The van der Waals surface area contributed by atoms with Gasteiger partial charge >= 0.3 is 11.9 Å². The molecule has 2 aliphatic carbocycles. The summed E-state index contributed by atoms with van der Waals surface area (Å²) in [4.78, 5) is 24.4. The largest absolute Gasteiger partial charge is 0.465 e. The molecule has 4 nitrogen and oxygen atoms in total. The Morgan fingerprint density at radius 2 is 1.32 bits per heavy atom. The molecule has 0 aromatic carbocycles. The molecular formula is C15H18O4. The van der Waals surface area contributed by atoms with Crippen molar-refractivity contribution < 1.29 is 19.1 Å². The molecule has 0 bridgehead atoms. The lowest BCUT2D eigenvalue weighted by molar-refractivity contribution is -0.165. The topological polar surface area (TPSA) is 52.6 Å². The van der Waals surface area contributed by atoms with E-state index in [1.54, 1.807) is 13.8 Å². The average Bonchev–Trinajstić information content (AvgIpc) is 2.96. The van der Waals surface area contributed by atoms with Crippen molar-refractivity contribution in [2.24, 2.45) is 17.3 Å². The van der Waals surface area contributed by atoms with Crippen molar-refractivity contribution in [3.05, 3.63) is 36.5 Å². The monoisotopic (exact) mass is 262 g/mol. The highest BCUT2D eigenvalue weighted by atomic mass is 16.6. The summed E-state index contributed by atoms with van der Waals surface area (Å²) < 4.78 is 10.2. The third-order valence-corrected chi connectivity index (χ3v) is 3.53. The Kier molecular flexibility index (Phi) is 3.88. The van der Waals surface area contributed by atoms with Crippen LogP contribution in [-0.4, -0.2) is 25.2 Å². The van der Waals surface area contributed by atoms with Gasteiger partial charge < -0.3 is 9.47 Å². The van der Waals surface area contributed by atoms with Gasteiger partial charge in [-0.25, -0.2) is 0 Å². The van der Waals surface area contributed by atoms with E-state index >= 15 is 0 Å². The maximum absolute atomic E-state index is 12.2. The second kappa shape index (κ2) is 5.43. The van der Waals surface area contributed by atoms with Crippen LogP contribution in [0.3, 0.4) is 0 Å². The van der Waals surface area contributed by atoms with Gasteiger partial charge in [0.25, 0.3) is 0 Å². The molecule has 0 N–H and O–H groups in total. The van der Waals surface area contributed by atoms with Gasteiger partial charge in [0.05, 0.1) is 13.2 Å². The van der Waals surface area contributed by atoms with E-state index in [0.29, 0.717) is 0 Å². The van der Waals surface area contributed by atoms with Gasteiger partial charge in [0.15, 0.2) is 5.41 Å². The van der Waals surface area contributed by atoms with Crippen LogP contribution in [0, 0.1) is 17.3 Å². The predicted molar refractivity (Wildman–Crippen MR) is 70.1 cm³/mol. The van der Waals surface area contributed by atoms with Crippen LogP contribution in [0.1, 0.15) is 13.8 Å². The van der Waals surface area contributed by atoms with E-state index in [1.807, 2.05) is 36.5 Å². The lowest BCUT2D eigenvalue weighted by Gasteiger charge is -2.14. The molecule has 1 saturated carbocycles. The van der Waals surface area contributed by atoms with Crippen molar-refractivity contribution in [1.82, 2.24) is 0 Å². The fourth-order valence-electron chi connectivity index (χ4n) is 2.61. The van der Waals surface area contributed by atoms with E-state index in [1.165, 1.54) is 0 Å². The lowest BCUT2D eigenvalue weighted by Crippen LogP contribution is -2.33. The summed E-state index contributed by atoms with van der Waals surface area (Å²) in [5, 5.41) is 0. The van der Waals surface area contributed by atoms with Gasteiger partial charge in [-0.2, -0.15) is 0 Å². The van der Waals surface area contributed by atoms with Crippen LogP contribution in [0.25, 0.3) is 0 Å². The molecule has 2 aliphatic rings. The highest BCUT2D eigenvalue weighted by Crippen LogP contribution is 2.62. The van der Waals surface area contributed by atoms with Crippen LogP contribution >= 0.6 is 0 Å². The Balaban J connectivity index is 2.33. The number of ether oxygens (including phenoxy) is 2. The molecule has 0 amide bonds. The number of hydrogen-bond donors (Lipinski definition) is 0. The molecule has 2 rings (SSSR count). The van der Waals surface area contributed by atoms with Gasteiger partial charge in [-0.05, 0) is 13.8 Å². The highest BCUT2D eigenvalue weighted by Gasteiger charge is 2.74. The number of carbonyl (C=O) groups is 2. The van der Waals surface area contributed by atoms with Gasteiger partial charge in [-0.15, -0.1) is 0 Å². The fraction of sp³-hybridized carbons (Fsp3) is 0.467. The Bertz CT molecular complexity index is 417. The third-order valence-electron chi connectivity index (χ3n) is 3.53. The minimum absolute atomic E-state index is 0.174. The van der Waals surface area contributed by atoms with E-state index in [-0.39, 0.29) is 25.0 Å². The van der Waals surface area contributed by atoms with Crippen LogP contribution < -0.4 is 0 Å². The van der Waals surface area contributed by atoms with Crippen molar-refractivity contribution in [3.63, 3.8) is 0 Å². The number of esters is 2. The maximum atomic E-state index is 12.2. The molecule has 2 atom stereocenters. The molecule has 0 aromatic rings. The van der Waals surface area contributed by atoms with Crippen LogP contribution in [0.15, 0.2) is 36.5 Å². The Hall–Kier alpha value is -1.84. The third kappa shape index (κ3) is 2.11. The second-order valence-corrected chi connectivity index (χ2v) is 4.52. The first-order valence-electron chi connectivity index (χ1n) is 6.55. The van der Waals surface area contributed by atoms with E-state index < -0.39 is 17.4 Å². The van der Waals surface area contributed by atoms with Crippen LogP contribution in [0.5, 0.6) is 0 Å². The van der Waals surface area contributed by atoms with E-state index in [9.17, 15) is 9.59 Å². The van der Waals surface area contributed by atoms with Gasteiger partial charge in [-0.1, -0.05) is 36.5 Å². The van der Waals surface area contributed by atoms with Crippen molar-refractivity contribution in [2.75, 3.05) is 13.2 Å². The second-order valence-electron chi connectivity index (χ2n) is 4.52. The summed E-state index contributed by atoms with van der Waals surface area (Å²) in [6.45, 7) is 3.97. The molecule has 0 spiro atoms. The summed E-state index contributed by atoms with van der Waals surface area (Å²) in [5.41, 5.74) is -1.19. The van der Waals surface area contributed by atoms with Crippen molar-refractivity contribution in [3.8, 4) is 0 Å². The minimum atomic E-state index is -1.19. The van der Waals surface area contributed by atoms with E-state index in [0.717, 1.165) is 0 Å². The molecule has 0 radical (unpaired) electrons. The molecule has 19 heavy (non-hydrogen) atoms. The lowest BCUT2D eigenvalue weighted by atomic mass is 10.0. The van der Waals surface area contributed by atoms with Crippen molar-refractivity contribution >= 4 is 11.9 Å². The summed E-state index contributed by atoms with van der Waals surface area (Å²) >= 11 is 0. The first-order valence-corrected chi connectivity index (χ1v) is 6.55. The molecule has 1 fully saturated rings. The fourth-order valence-corrected chi connectivity index (χ4v) is 2.61. The number of fused-ring (bicyclic) bond motifs is 1. The van der Waals surface area contributed by atoms with E-state index in [4.69, 9.17) is 9.47 Å². The summed E-state index contributed by atoms with van der Waals surface area (Å²) in [5.74, 6) is -1.32. The van der Waals surface area contributed by atoms with Crippen LogP contribution in [0.2, 0.25) is 0 Å². The van der Waals surface area contributed by atoms with E-state index in [2.05, 4.69) is 0 Å². The zero-order valence-electron chi connectivity index (χ0n) is 11.2. The number of rotatable bonds is 4. The molecule has 0 saturated heterocycles. The van der Waals surface area contributed by atoms with Gasteiger partial charge in [0.1, 0.15) is 0 Å². The number of carbonyl (C=O) groups excluding carboxylic acids is 2. The van der Waals surface area contributed by atoms with Gasteiger partial charge in [0.2, 0.25) is 0 Å². The molecule has 0 aliphatic heterocycles. The van der Waals surface area contributed by atoms with Crippen molar-refractivity contribution in [1.29, 1.82) is 0 Å². The molecule has 0 heterocycles. The van der Waals surface area contributed by atoms with Gasteiger partial charge in [0, 0.05) is 11.8 Å². The molecule has 2 unspecified atom stereocenters. The number of allylic oxidation sites excluding steroid dienone is 6. The predicted octanol–water partition coefficient (Wildman–Crippen LogP) is 2.03. The quantitative estimate of drug-likeness (QED) is 0.574. The minimum Gasteiger partial charge on any atom is -0.465 e.